The Bertz CT molecular complexity index is 1490. The monoisotopic (exact) mass is 588 g/mol. The van der Waals surface area contributed by atoms with Gasteiger partial charge < -0.3 is 30.7 Å². The SMILES string of the molecule is C#Cc1ccc([C@@H](NC)[C@H](NC)C2C=CC(C#CCOc3ccc([C@@H](NC)[C@H](NC)c4ccc(OC)cc4)cc3)=CC2)cc1. The molecule has 0 bridgehead atoms. The molecule has 0 amide bonds. The number of likely N-dealkylation sites (N-methyl/N-ethyl adjacent to an activating group) is 4. The summed E-state index contributed by atoms with van der Waals surface area (Å²) in [6.07, 6.45) is 13.0. The third kappa shape index (κ3) is 8.20. The summed E-state index contributed by atoms with van der Waals surface area (Å²) >= 11 is 0. The number of terminal acetylenes is 1. The fourth-order valence-electron chi connectivity index (χ4n) is 5.86. The molecule has 0 saturated carbocycles. The van der Waals surface area contributed by atoms with Crippen LogP contribution < -0.4 is 30.7 Å². The molecule has 0 radical (unpaired) electrons. The third-order valence-electron chi connectivity index (χ3n) is 8.25. The largest absolute Gasteiger partial charge is 0.497 e. The maximum atomic E-state index is 5.95. The van der Waals surface area contributed by atoms with Crippen LogP contribution in [0.4, 0.5) is 0 Å². The summed E-state index contributed by atoms with van der Waals surface area (Å²) in [6.45, 7) is 0.322. The Hall–Kier alpha value is -4.30. The maximum absolute atomic E-state index is 5.95. The van der Waals surface area contributed by atoms with Gasteiger partial charge in [0, 0.05) is 23.2 Å². The van der Waals surface area contributed by atoms with Gasteiger partial charge in [0.15, 0.2) is 0 Å². The van der Waals surface area contributed by atoms with E-state index < -0.39 is 0 Å². The van der Waals surface area contributed by atoms with E-state index in [1.54, 1.807) is 7.11 Å². The molecule has 6 heteroatoms. The summed E-state index contributed by atoms with van der Waals surface area (Å²) in [5.74, 6) is 11.1. The van der Waals surface area contributed by atoms with E-state index in [4.69, 9.17) is 15.9 Å². The first-order valence-electron chi connectivity index (χ1n) is 15.0. The molecule has 1 unspecified atom stereocenters. The van der Waals surface area contributed by atoms with Gasteiger partial charge in [-0.3, -0.25) is 0 Å². The lowest BCUT2D eigenvalue weighted by atomic mass is 9.83. The predicted molar refractivity (Wildman–Crippen MR) is 181 cm³/mol. The summed E-state index contributed by atoms with van der Waals surface area (Å²) < 4.78 is 11.3. The highest BCUT2D eigenvalue weighted by Crippen LogP contribution is 2.31. The molecule has 228 valence electrons. The predicted octanol–water partition coefficient (Wildman–Crippen LogP) is 5.33. The summed E-state index contributed by atoms with van der Waals surface area (Å²) in [5, 5.41) is 13.9. The Morgan fingerprint density at radius 3 is 1.77 bits per heavy atom. The van der Waals surface area contributed by atoms with Crippen molar-refractivity contribution >= 4 is 0 Å². The number of ether oxygens (including phenoxy) is 2. The van der Waals surface area contributed by atoms with E-state index in [0.717, 1.165) is 34.6 Å². The first-order chi connectivity index (χ1) is 21.5. The molecule has 44 heavy (non-hydrogen) atoms. The van der Waals surface area contributed by atoms with Crippen LogP contribution in [-0.2, 0) is 0 Å². The summed E-state index contributed by atoms with van der Waals surface area (Å²) in [5.41, 5.74) is 5.46. The molecule has 1 aliphatic rings. The molecule has 0 aromatic heterocycles. The molecule has 6 nitrogen and oxygen atoms in total. The third-order valence-corrected chi connectivity index (χ3v) is 8.25. The highest BCUT2D eigenvalue weighted by Gasteiger charge is 2.27. The average Bonchev–Trinajstić information content (AvgIpc) is 3.09. The van der Waals surface area contributed by atoms with Gasteiger partial charge in [-0.1, -0.05) is 72.4 Å². The van der Waals surface area contributed by atoms with Crippen LogP contribution in [0.25, 0.3) is 0 Å². The highest BCUT2D eigenvalue weighted by atomic mass is 16.5. The lowest BCUT2D eigenvalue weighted by Gasteiger charge is -2.33. The Labute approximate surface area is 263 Å². The zero-order valence-electron chi connectivity index (χ0n) is 26.4. The smallest absolute Gasteiger partial charge is 0.149 e. The molecule has 4 N–H and O–H groups in total. The molecule has 5 atom stereocenters. The van der Waals surface area contributed by atoms with Gasteiger partial charge in [-0.05, 0) is 93.6 Å². The van der Waals surface area contributed by atoms with Crippen LogP contribution >= 0.6 is 0 Å². The minimum absolute atomic E-state index is 0.0796. The first-order valence-corrected chi connectivity index (χ1v) is 15.0. The molecule has 4 rings (SSSR count). The van der Waals surface area contributed by atoms with Gasteiger partial charge in [-0.2, -0.15) is 0 Å². The van der Waals surface area contributed by atoms with E-state index in [2.05, 4.69) is 93.7 Å². The molecule has 0 aliphatic heterocycles. The minimum Gasteiger partial charge on any atom is -0.497 e. The fraction of sp³-hybridized carbons (Fsp3) is 0.316. The topological polar surface area (TPSA) is 66.6 Å². The fourth-order valence-corrected chi connectivity index (χ4v) is 5.86. The molecular formula is C38H44N4O2. The molecule has 3 aromatic rings. The van der Waals surface area contributed by atoms with E-state index in [0.29, 0.717) is 12.5 Å². The summed E-state index contributed by atoms with van der Waals surface area (Å²) in [4.78, 5) is 0. The standard InChI is InChI=1S/C38H44N4O2/c1-7-27-10-14-29(15-11-27)35(39-2)36(40-3)30-16-12-28(13-17-30)9-8-26-44-34-24-20-32(21-25-34)38(42-5)37(41-4)31-18-22-33(43-6)23-19-31/h1,10-16,18-25,30,35-42H,17,26H2,2-6H3/t30?,35-,36-,37-,38-/m1/s1. The molecule has 0 spiro atoms. The van der Waals surface area contributed by atoms with Gasteiger partial charge in [0.1, 0.15) is 18.1 Å². The average molecular weight is 589 g/mol. The Morgan fingerprint density at radius 2 is 1.30 bits per heavy atom. The van der Waals surface area contributed by atoms with Gasteiger partial charge in [0.05, 0.1) is 19.2 Å². The Kier molecular flexibility index (Phi) is 12.2. The molecular weight excluding hydrogens is 544 g/mol. The number of hydrogen-bond donors (Lipinski definition) is 4. The number of allylic oxidation sites excluding steroid dienone is 3. The normalized spacial score (nSPS) is 16.8. The first kappa shape index (κ1) is 32.6. The second-order valence-corrected chi connectivity index (χ2v) is 10.7. The van der Waals surface area contributed by atoms with Crippen LogP contribution in [0.15, 0.2) is 96.6 Å². The van der Waals surface area contributed by atoms with Crippen molar-refractivity contribution in [2.75, 3.05) is 41.9 Å². The quantitative estimate of drug-likeness (QED) is 0.203. The van der Waals surface area contributed by atoms with Gasteiger partial charge in [-0.15, -0.1) is 6.42 Å². The minimum atomic E-state index is 0.0796. The van der Waals surface area contributed by atoms with Crippen molar-refractivity contribution in [3.05, 3.63) is 119 Å². The summed E-state index contributed by atoms with van der Waals surface area (Å²) in [7, 11) is 9.65. The van der Waals surface area contributed by atoms with Crippen molar-refractivity contribution in [2.45, 2.75) is 30.6 Å². The second kappa shape index (κ2) is 16.5. The lowest BCUT2D eigenvalue weighted by Crippen LogP contribution is -2.43. The van der Waals surface area contributed by atoms with E-state index in [1.165, 1.54) is 11.1 Å². The van der Waals surface area contributed by atoms with Crippen LogP contribution in [-0.4, -0.2) is 47.9 Å². The van der Waals surface area contributed by atoms with Crippen molar-refractivity contribution in [3.8, 4) is 35.7 Å². The molecule has 0 fully saturated rings. The number of rotatable bonds is 13. The highest BCUT2D eigenvalue weighted by molar-refractivity contribution is 5.42. The lowest BCUT2D eigenvalue weighted by molar-refractivity contribution is 0.340. The van der Waals surface area contributed by atoms with E-state index in [9.17, 15) is 0 Å². The van der Waals surface area contributed by atoms with Crippen LogP contribution in [0.3, 0.4) is 0 Å². The van der Waals surface area contributed by atoms with Crippen LogP contribution in [0.2, 0.25) is 0 Å². The molecule has 3 aromatic carbocycles. The maximum Gasteiger partial charge on any atom is 0.149 e. The number of methoxy groups -OCH3 is 1. The molecule has 1 aliphatic carbocycles. The molecule has 0 heterocycles. The van der Waals surface area contributed by atoms with Crippen LogP contribution in [0.1, 0.15) is 46.8 Å². The second-order valence-electron chi connectivity index (χ2n) is 10.7. The van der Waals surface area contributed by atoms with Crippen molar-refractivity contribution in [3.63, 3.8) is 0 Å². The molecule has 0 saturated heterocycles. The van der Waals surface area contributed by atoms with E-state index in [1.807, 2.05) is 64.6 Å². The van der Waals surface area contributed by atoms with Crippen LogP contribution in [0.5, 0.6) is 11.5 Å². The van der Waals surface area contributed by atoms with Crippen LogP contribution in [0, 0.1) is 30.1 Å². The summed E-state index contributed by atoms with van der Waals surface area (Å²) in [6, 6.07) is 25.1. The zero-order valence-corrected chi connectivity index (χ0v) is 26.4. The van der Waals surface area contributed by atoms with Crippen molar-refractivity contribution < 1.29 is 9.47 Å². The van der Waals surface area contributed by atoms with Gasteiger partial charge >= 0.3 is 0 Å². The number of nitrogens with one attached hydrogen (secondary N) is 4. The van der Waals surface area contributed by atoms with E-state index in [-0.39, 0.29) is 24.2 Å². The van der Waals surface area contributed by atoms with Crippen molar-refractivity contribution in [2.24, 2.45) is 5.92 Å². The van der Waals surface area contributed by atoms with Gasteiger partial charge in [0.2, 0.25) is 0 Å². The number of benzene rings is 3. The zero-order chi connectivity index (χ0) is 31.3. The Balaban J connectivity index is 1.31. The van der Waals surface area contributed by atoms with Crippen molar-refractivity contribution in [1.29, 1.82) is 0 Å². The van der Waals surface area contributed by atoms with Gasteiger partial charge in [0.25, 0.3) is 0 Å². The Morgan fingerprint density at radius 1 is 0.750 bits per heavy atom. The number of hydrogen-bond acceptors (Lipinski definition) is 6. The van der Waals surface area contributed by atoms with Crippen molar-refractivity contribution in [1.82, 2.24) is 21.3 Å². The van der Waals surface area contributed by atoms with Gasteiger partial charge in [-0.25, -0.2) is 0 Å². The van der Waals surface area contributed by atoms with E-state index >= 15 is 0 Å².